The first-order valence-corrected chi connectivity index (χ1v) is 5.60. The number of ether oxygens (including phenoxy) is 1. The van der Waals surface area contributed by atoms with Gasteiger partial charge in [-0.15, -0.1) is 0 Å². The van der Waals surface area contributed by atoms with Gasteiger partial charge < -0.3 is 10.1 Å². The van der Waals surface area contributed by atoms with E-state index in [-0.39, 0.29) is 27.6 Å². The molecule has 0 bridgehead atoms. The molecule has 0 atom stereocenters. The number of nitrogens with one attached hydrogen (secondary N) is 1. The van der Waals surface area contributed by atoms with Crippen LogP contribution in [0.5, 0.6) is 0 Å². The Morgan fingerprint density at radius 3 is 2.47 bits per heavy atom. The van der Waals surface area contributed by atoms with Crippen LogP contribution < -0.4 is 5.32 Å². The van der Waals surface area contributed by atoms with E-state index in [1.165, 1.54) is 0 Å². The summed E-state index contributed by atoms with van der Waals surface area (Å²) in [6.07, 6.45) is 0. The summed E-state index contributed by atoms with van der Waals surface area (Å²) in [5.41, 5.74) is -0.225. The predicted molar refractivity (Wildman–Crippen MR) is 65.9 cm³/mol. The van der Waals surface area contributed by atoms with Gasteiger partial charge in [0.05, 0.1) is 12.9 Å². The van der Waals surface area contributed by atoms with E-state index in [0.29, 0.717) is 0 Å². The maximum absolute atomic E-state index is 11.4. The van der Waals surface area contributed by atoms with Crippen LogP contribution in [0.25, 0.3) is 0 Å². The van der Waals surface area contributed by atoms with Gasteiger partial charge in [0.2, 0.25) is 5.91 Å². The molecule has 0 aliphatic carbocycles. The second-order valence-electron chi connectivity index (χ2n) is 2.70. The van der Waals surface area contributed by atoms with Crippen LogP contribution in [0.1, 0.15) is 10.5 Å². The second kappa shape index (κ2) is 6.04. The molecule has 6 nitrogen and oxygen atoms in total. The van der Waals surface area contributed by atoms with Gasteiger partial charge in [0.15, 0.2) is 21.8 Å². The monoisotopic (exact) mass is 295 g/mol. The van der Waals surface area contributed by atoms with Gasteiger partial charge in [-0.3, -0.25) is 4.79 Å². The molecule has 0 fully saturated rings. The number of hydrogen-bond acceptors (Lipinski definition) is 6. The lowest BCUT2D eigenvalue weighted by Crippen LogP contribution is -2.19. The molecule has 9 heteroatoms. The summed E-state index contributed by atoms with van der Waals surface area (Å²) in [7, 11) is 1.16. The van der Waals surface area contributed by atoms with Gasteiger partial charge in [-0.25, -0.2) is 14.8 Å². The number of nitrogens with zero attached hydrogens (tertiary/aromatic N) is 2. The lowest BCUT2D eigenvalue weighted by Gasteiger charge is -2.08. The van der Waals surface area contributed by atoms with Crippen molar-refractivity contribution in [2.24, 2.45) is 0 Å². The molecule has 0 aromatic carbocycles. The summed E-state index contributed by atoms with van der Waals surface area (Å²) in [6, 6.07) is 0. The summed E-state index contributed by atoms with van der Waals surface area (Å²) < 4.78 is 4.47. The molecular weight excluding hydrogens is 289 g/mol. The number of rotatable bonds is 3. The fraction of sp³-hybridized carbons (Fsp3) is 0.250. The van der Waals surface area contributed by atoms with E-state index in [1.807, 2.05) is 0 Å². The summed E-state index contributed by atoms with van der Waals surface area (Å²) in [6.45, 7) is 0. The Labute approximate surface area is 112 Å². The lowest BCUT2D eigenvalue weighted by molar-refractivity contribution is -0.113. The van der Waals surface area contributed by atoms with Gasteiger partial charge >= 0.3 is 5.97 Å². The highest BCUT2D eigenvalue weighted by Crippen LogP contribution is 2.22. The Balaban J connectivity index is 3.20. The Bertz CT molecular complexity index is 470. The third kappa shape index (κ3) is 3.45. The number of amides is 1. The molecule has 1 heterocycles. The molecule has 1 N–H and O–H groups in total. The van der Waals surface area contributed by atoms with Crippen molar-refractivity contribution in [2.45, 2.75) is 0 Å². The Morgan fingerprint density at radius 2 is 1.94 bits per heavy atom. The molecule has 0 saturated heterocycles. The quantitative estimate of drug-likeness (QED) is 0.651. The summed E-state index contributed by atoms with van der Waals surface area (Å²) in [5, 5.41) is 2.02. The zero-order valence-corrected chi connectivity index (χ0v) is 10.9. The minimum absolute atomic E-state index is 0.0808. The lowest BCUT2D eigenvalue weighted by atomic mass is 10.4. The van der Waals surface area contributed by atoms with Crippen molar-refractivity contribution in [1.82, 2.24) is 9.97 Å². The number of esters is 1. The smallest absolute Gasteiger partial charge is 0.360 e. The SMILES string of the molecule is COC(=O)c1nc(Cl)c(Cl)nc1NC(=O)CS. The first-order chi connectivity index (χ1) is 7.99. The van der Waals surface area contributed by atoms with Crippen LogP contribution in [-0.4, -0.2) is 34.7 Å². The molecule has 1 amide bonds. The standard InChI is InChI=1S/C8H7Cl2N3O3S/c1-16-8(15)4-7(11-3(14)2-17)13-6(10)5(9)12-4/h17H,2H2,1H3,(H,11,13,14). The summed E-state index contributed by atoms with van der Waals surface area (Å²) in [4.78, 5) is 29.9. The Hall–Kier alpha value is -1.05. The summed E-state index contributed by atoms with van der Waals surface area (Å²) >= 11 is 15.0. The molecule has 0 aliphatic rings. The fourth-order valence-electron chi connectivity index (χ4n) is 0.892. The third-order valence-corrected chi connectivity index (χ3v) is 2.51. The molecule has 92 valence electrons. The highest BCUT2D eigenvalue weighted by atomic mass is 35.5. The van der Waals surface area contributed by atoms with Gasteiger partial charge in [0.25, 0.3) is 0 Å². The van der Waals surface area contributed by atoms with Gasteiger partial charge in [0.1, 0.15) is 0 Å². The minimum atomic E-state index is -0.787. The number of anilines is 1. The van der Waals surface area contributed by atoms with Crippen LogP contribution in [0.3, 0.4) is 0 Å². The normalized spacial score (nSPS) is 9.88. The van der Waals surface area contributed by atoms with Gasteiger partial charge in [-0.1, -0.05) is 23.2 Å². The first kappa shape index (κ1) is 14.0. The number of aromatic nitrogens is 2. The topological polar surface area (TPSA) is 81.2 Å². The Kier molecular flexibility index (Phi) is 4.98. The van der Waals surface area contributed by atoms with Crippen LogP contribution in [-0.2, 0) is 9.53 Å². The van der Waals surface area contributed by atoms with E-state index in [9.17, 15) is 9.59 Å². The van der Waals surface area contributed by atoms with E-state index in [2.05, 4.69) is 32.7 Å². The van der Waals surface area contributed by atoms with Crippen LogP contribution >= 0.6 is 35.8 Å². The number of thiol groups is 1. The molecule has 0 aliphatic heterocycles. The highest BCUT2D eigenvalue weighted by Gasteiger charge is 2.19. The van der Waals surface area contributed by atoms with Crippen molar-refractivity contribution in [2.75, 3.05) is 18.2 Å². The van der Waals surface area contributed by atoms with Crippen LogP contribution in [0.4, 0.5) is 5.82 Å². The van der Waals surface area contributed by atoms with E-state index in [0.717, 1.165) is 7.11 Å². The first-order valence-electron chi connectivity index (χ1n) is 4.21. The Morgan fingerprint density at radius 1 is 1.35 bits per heavy atom. The maximum Gasteiger partial charge on any atom is 0.360 e. The molecule has 0 unspecified atom stereocenters. The molecular formula is C8H7Cl2N3O3S. The van der Waals surface area contributed by atoms with E-state index < -0.39 is 11.9 Å². The average Bonchev–Trinajstić information content (AvgIpc) is 2.32. The van der Waals surface area contributed by atoms with Crippen molar-refractivity contribution >= 4 is 53.5 Å². The second-order valence-corrected chi connectivity index (χ2v) is 3.73. The largest absolute Gasteiger partial charge is 0.464 e. The van der Waals surface area contributed by atoms with Crippen molar-refractivity contribution in [1.29, 1.82) is 0 Å². The van der Waals surface area contributed by atoms with Crippen molar-refractivity contribution in [3.05, 3.63) is 16.0 Å². The van der Waals surface area contributed by atoms with E-state index in [4.69, 9.17) is 23.2 Å². The molecule has 0 spiro atoms. The van der Waals surface area contributed by atoms with Crippen LogP contribution in [0.15, 0.2) is 0 Å². The van der Waals surface area contributed by atoms with Gasteiger partial charge in [-0.2, -0.15) is 12.6 Å². The number of carbonyl (C=O) groups is 2. The van der Waals surface area contributed by atoms with E-state index >= 15 is 0 Å². The maximum atomic E-state index is 11.4. The van der Waals surface area contributed by atoms with Crippen molar-refractivity contribution in [3.8, 4) is 0 Å². The number of halogens is 2. The average molecular weight is 296 g/mol. The predicted octanol–water partition coefficient (Wildman–Crippen LogP) is 1.44. The fourth-order valence-corrected chi connectivity index (χ4v) is 1.22. The molecule has 1 aromatic rings. The van der Waals surface area contributed by atoms with Gasteiger partial charge in [0, 0.05) is 0 Å². The minimum Gasteiger partial charge on any atom is -0.464 e. The van der Waals surface area contributed by atoms with E-state index in [1.54, 1.807) is 0 Å². The third-order valence-electron chi connectivity index (χ3n) is 1.59. The molecule has 1 rings (SSSR count). The van der Waals surface area contributed by atoms with Crippen LogP contribution in [0.2, 0.25) is 10.3 Å². The number of methoxy groups -OCH3 is 1. The molecule has 0 saturated carbocycles. The highest BCUT2D eigenvalue weighted by molar-refractivity contribution is 7.81. The van der Waals surface area contributed by atoms with Crippen LogP contribution in [0, 0.1) is 0 Å². The summed E-state index contributed by atoms with van der Waals surface area (Å²) in [5.74, 6) is -1.45. The van der Waals surface area contributed by atoms with Crippen molar-refractivity contribution in [3.63, 3.8) is 0 Å². The number of hydrogen-bond donors (Lipinski definition) is 2. The molecule has 17 heavy (non-hydrogen) atoms. The van der Waals surface area contributed by atoms with Crippen molar-refractivity contribution < 1.29 is 14.3 Å². The zero-order valence-electron chi connectivity index (χ0n) is 8.53. The number of carbonyl (C=O) groups excluding carboxylic acids is 2. The molecule has 0 radical (unpaired) electrons. The zero-order chi connectivity index (χ0) is 13.0. The molecule has 1 aromatic heterocycles. The van der Waals surface area contributed by atoms with Gasteiger partial charge in [-0.05, 0) is 0 Å².